The maximum atomic E-state index is 12.8. The molecule has 0 aromatic heterocycles. The third-order valence-electron chi connectivity index (χ3n) is 4.69. The van der Waals surface area contributed by atoms with Crippen LogP contribution in [0.5, 0.6) is 0 Å². The van der Waals surface area contributed by atoms with Crippen molar-refractivity contribution in [1.82, 2.24) is 4.31 Å². The Morgan fingerprint density at radius 3 is 2.20 bits per heavy atom. The van der Waals surface area contributed by atoms with Gasteiger partial charge in [-0.25, -0.2) is 13.2 Å². The Bertz CT molecular complexity index is 699. The second-order valence-electron chi connectivity index (χ2n) is 6.92. The van der Waals surface area contributed by atoms with E-state index in [1.165, 1.54) is 28.6 Å². The SMILES string of the molecule is C[C@H]1CN(S(=O)(=O)c2ccc(C(=O)OC3CCCC3)cc2)C[C@H](C)O1. The zero-order valence-electron chi connectivity index (χ0n) is 14.7. The Kier molecular flexibility index (Phi) is 5.46. The predicted octanol–water partition coefficient (Wildman–Crippen LogP) is 2.58. The van der Waals surface area contributed by atoms with Crippen LogP contribution in [0.3, 0.4) is 0 Å². The summed E-state index contributed by atoms with van der Waals surface area (Å²) in [6.45, 7) is 4.39. The molecule has 1 heterocycles. The largest absolute Gasteiger partial charge is 0.459 e. The highest BCUT2D eigenvalue weighted by atomic mass is 32.2. The molecule has 7 heteroatoms. The van der Waals surface area contributed by atoms with Crippen LogP contribution in [0.25, 0.3) is 0 Å². The zero-order chi connectivity index (χ0) is 18.0. The zero-order valence-corrected chi connectivity index (χ0v) is 15.5. The number of hydrogen-bond donors (Lipinski definition) is 0. The number of rotatable bonds is 4. The number of carbonyl (C=O) groups is 1. The van der Waals surface area contributed by atoms with E-state index in [0.717, 1.165) is 25.7 Å². The van der Waals surface area contributed by atoms with Gasteiger partial charge in [0.1, 0.15) is 6.10 Å². The van der Waals surface area contributed by atoms with Crippen LogP contribution in [0.2, 0.25) is 0 Å². The molecule has 2 atom stereocenters. The van der Waals surface area contributed by atoms with Gasteiger partial charge >= 0.3 is 5.97 Å². The predicted molar refractivity (Wildman–Crippen MR) is 92.9 cm³/mol. The fourth-order valence-electron chi connectivity index (χ4n) is 3.46. The van der Waals surface area contributed by atoms with Crippen molar-refractivity contribution in [2.24, 2.45) is 0 Å². The summed E-state index contributed by atoms with van der Waals surface area (Å²) >= 11 is 0. The molecule has 1 saturated heterocycles. The lowest BCUT2D eigenvalue weighted by atomic mass is 10.2. The van der Waals surface area contributed by atoms with Crippen LogP contribution in [-0.2, 0) is 19.5 Å². The van der Waals surface area contributed by atoms with E-state index in [0.29, 0.717) is 18.7 Å². The average Bonchev–Trinajstić information content (AvgIpc) is 3.07. The van der Waals surface area contributed by atoms with E-state index in [4.69, 9.17) is 9.47 Å². The van der Waals surface area contributed by atoms with Gasteiger partial charge in [-0.1, -0.05) is 0 Å². The van der Waals surface area contributed by atoms with E-state index in [1.54, 1.807) is 0 Å². The maximum Gasteiger partial charge on any atom is 0.338 e. The molecule has 138 valence electrons. The summed E-state index contributed by atoms with van der Waals surface area (Å²) in [6, 6.07) is 6.01. The molecule has 0 N–H and O–H groups in total. The van der Waals surface area contributed by atoms with Crippen LogP contribution in [0.4, 0.5) is 0 Å². The molecule has 0 unspecified atom stereocenters. The van der Waals surface area contributed by atoms with E-state index >= 15 is 0 Å². The lowest BCUT2D eigenvalue weighted by Gasteiger charge is -2.34. The number of esters is 1. The van der Waals surface area contributed by atoms with Crippen molar-refractivity contribution in [1.29, 1.82) is 0 Å². The first-order valence-corrected chi connectivity index (χ1v) is 10.3. The Labute approximate surface area is 149 Å². The van der Waals surface area contributed by atoms with E-state index in [9.17, 15) is 13.2 Å². The van der Waals surface area contributed by atoms with Crippen LogP contribution in [-0.4, -0.2) is 50.1 Å². The summed E-state index contributed by atoms with van der Waals surface area (Å²) < 4.78 is 38.1. The average molecular weight is 367 g/mol. The number of carbonyl (C=O) groups excluding carboxylic acids is 1. The molecule has 0 spiro atoms. The number of morpholine rings is 1. The molecule has 0 radical (unpaired) electrons. The Morgan fingerprint density at radius 1 is 1.08 bits per heavy atom. The molecule has 1 saturated carbocycles. The van der Waals surface area contributed by atoms with Gasteiger partial charge in [-0.3, -0.25) is 0 Å². The summed E-state index contributed by atoms with van der Waals surface area (Å²) in [6.07, 6.45) is 3.71. The topological polar surface area (TPSA) is 72.9 Å². The lowest BCUT2D eigenvalue weighted by molar-refractivity contribution is -0.0440. The van der Waals surface area contributed by atoms with Gasteiger partial charge in [0.15, 0.2) is 0 Å². The van der Waals surface area contributed by atoms with Crippen molar-refractivity contribution in [3.8, 4) is 0 Å². The third-order valence-corrected chi connectivity index (χ3v) is 6.54. The molecule has 2 aliphatic rings. The smallest absolute Gasteiger partial charge is 0.338 e. The van der Waals surface area contributed by atoms with Crippen molar-refractivity contribution in [2.45, 2.75) is 62.7 Å². The molecule has 1 aromatic carbocycles. The number of sulfonamides is 1. The van der Waals surface area contributed by atoms with Crippen LogP contribution >= 0.6 is 0 Å². The molecule has 6 nitrogen and oxygen atoms in total. The summed E-state index contributed by atoms with van der Waals surface area (Å²) in [5.74, 6) is -0.385. The molecular weight excluding hydrogens is 342 g/mol. The van der Waals surface area contributed by atoms with E-state index in [-0.39, 0.29) is 29.2 Å². The Balaban J connectivity index is 1.71. The van der Waals surface area contributed by atoms with Gasteiger partial charge in [-0.2, -0.15) is 4.31 Å². The quantitative estimate of drug-likeness (QED) is 0.765. The van der Waals surface area contributed by atoms with Crippen LogP contribution < -0.4 is 0 Å². The van der Waals surface area contributed by atoms with Gasteiger partial charge < -0.3 is 9.47 Å². The minimum atomic E-state index is -3.59. The molecule has 1 aliphatic heterocycles. The first-order valence-electron chi connectivity index (χ1n) is 8.83. The molecule has 0 bridgehead atoms. The van der Waals surface area contributed by atoms with Gasteiger partial charge in [0, 0.05) is 13.1 Å². The molecule has 3 rings (SSSR count). The monoisotopic (exact) mass is 367 g/mol. The van der Waals surface area contributed by atoms with E-state index < -0.39 is 10.0 Å². The van der Waals surface area contributed by atoms with Gasteiger partial charge in [-0.15, -0.1) is 0 Å². The molecule has 2 fully saturated rings. The minimum absolute atomic E-state index is 0.00719. The highest BCUT2D eigenvalue weighted by Crippen LogP contribution is 2.24. The number of hydrogen-bond acceptors (Lipinski definition) is 5. The minimum Gasteiger partial charge on any atom is -0.459 e. The number of benzene rings is 1. The van der Waals surface area contributed by atoms with Crippen LogP contribution in [0.1, 0.15) is 49.9 Å². The fourth-order valence-corrected chi connectivity index (χ4v) is 5.06. The highest BCUT2D eigenvalue weighted by molar-refractivity contribution is 7.89. The Hall–Kier alpha value is -1.44. The van der Waals surface area contributed by atoms with Crippen LogP contribution in [0, 0.1) is 0 Å². The summed E-state index contributed by atoms with van der Waals surface area (Å²) in [7, 11) is -3.59. The molecule has 0 amide bonds. The highest BCUT2D eigenvalue weighted by Gasteiger charge is 2.32. The lowest BCUT2D eigenvalue weighted by Crippen LogP contribution is -2.48. The van der Waals surface area contributed by atoms with Crippen LogP contribution in [0.15, 0.2) is 29.2 Å². The first-order chi connectivity index (χ1) is 11.9. The van der Waals surface area contributed by atoms with Gasteiger partial charge in [0.2, 0.25) is 10.0 Å². The standard InChI is InChI=1S/C18H25NO5S/c1-13-11-19(12-14(2)23-13)25(21,22)17-9-7-15(8-10-17)18(20)24-16-5-3-4-6-16/h7-10,13-14,16H,3-6,11-12H2,1-2H3/t13-,14-/m0/s1. The fraction of sp³-hybridized carbons (Fsp3) is 0.611. The molecular formula is C18H25NO5S. The van der Waals surface area contributed by atoms with Crippen molar-refractivity contribution >= 4 is 16.0 Å². The first kappa shape index (κ1) is 18.4. The molecule has 25 heavy (non-hydrogen) atoms. The third kappa shape index (κ3) is 4.22. The van der Waals surface area contributed by atoms with E-state index in [2.05, 4.69) is 0 Å². The van der Waals surface area contributed by atoms with Gasteiger partial charge in [-0.05, 0) is 63.8 Å². The maximum absolute atomic E-state index is 12.8. The van der Waals surface area contributed by atoms with Crippen molar-refractivity contribution in [3.63, 3.8) is 0 Å². The molecule has 1 aliphatic carbocycles. The normalized spacial score (nSPS) is 25.8. The summed E-state index contributed by atoms with van der Waals surface area (Å²) in [5.41, 5.74) is 0.384. The number of nitrogens with zero attached hydrogens (tertiary/aromatic N) is 1. The van der Waals surface area contributed by atoms with Gasteiger partial charge in [0.05, 0.1) is 22.7 Å². The van der Waals surface area contributed by atoms with Crippen molar-refractivity contribution in [2.75, 3.05) is 13.1 Å². The Morgan fingerprint density at radius 2 is 1.64 bits per heavy atom. The van der Waals surface area contributed by atoms with Crippen molar-refractivity contribution in [3.05, 3.63) is 29.8 Å². The van der Waals surface area contributed by atoms with Gasteiger partial charge in [0.25, 0.3) is 0 Å². The second-order valence-corrected chi connectivity index (χ2v) is 8.85. The number of ether oxygens (including phenoxy) is 2. The van der Waals surface area contributed by atoms with E-state index in [1.807, 2.05) is 13.8 Å². The summed E-state index contributed by atoms with van der Waals surface area (Å²) in [4.78, 5) is 12.3. The molecule has 1 aromatic rings. The second kappa shape index (κ2) is 7.43. The summed E-state index contributed by atoms with van der Waals surface area (Å²) in [5, 5.41) is 0. The van der Waals surface area contributed by atoms with Crippen molar-refractivity contribution < 1.29 is 22.7 Å².